The van der Waals surface area contributed by atoms with E-state index < -0.39 is 0 Å². The third-order valence-corrected chi connectivity index (χ3v) is 4.80. The van der Waals surface area contributed by atoms with Crippen LogP contribution >= 0.6 is 12.4 Å². The minimum atomic E-state index is 0. The predicted molar refractivity (Wildman–Crippen MR) is 109 cm³/mol. The molecule has 0 unspecified atom stereocenters. The molecular formula is C20H24ClN5O. The molecule has 0 aliphatic carbocycles. The zero-order chi connectivity index (χ0) is 17.9. The quantitative estimate of drug-likeness (QED) is 0.677. The van der Waals surface area contributed by atoms with E-state index in [1.807, 2.05) is 42.0 Å². The molecule has 142 valence electrons. The number of methoxy groups -OCH3 is 1. The summed E-state index contributed by atoms with van der Waals surface area (Å²) in [6, 6.07) is 10.2. The van der Waals surface area contributed by atoms with Crippen LogP contribution in [0, 0.1) is 6.92 Å². The van der Waals surface area contributed by atoms with Gasteiger partial charge in [0.05, 0.1) is 30.5 Å². The van der Waals surface area contributed by atoms with E-state index in [-0.39, 0.29) is 12.4 Å². The number of halogens is 1. The Balaban J connectivity index is 0.00000210. The van der Waals surface area contributed by atoms with Crippen LogP contribution < -0.4 is 9.64 Å². The fraction of sp³-hybridized carbons (Fsp3) is 0.350. The number of hydrogen-bond donors (Lipinski definition) is 0. The van der Waals surface area contributed by atoms with Crippen LogP contribution in [0.15, 0.2) is 42.9 Å². The van der Waals surface area contributed by atoms with Crippen LogP contribution in [-0.4, -0.2) is 39.9 Å². The SMILES string of the molecule is COc1cc(-c2ccc(N3CCCCC3)nn2)ccc1-n1cnc(C)c1.Cl. The van der Waals surface area contributed by atoms with Crippen molar-refractivity contribution in [2.45, 2.75) is 26.2 Å². The third-order valence-electron chi connectivity index (χ3n) is 4.80. The molecule has 1 aromatic carbocycles. The van der Waals surface area contributed by atoms with E-state index in [9.17, 15) is 0 Å². The average Bonchev–Trinajstić information content (AvgIpc) is 3.14. The fourth-order valence-electron chi connectivity index (χ4n) is 3.37. The summed E-state index contributed by atoms with van der Waals surface area (Å²) < 4.78 is 7.55. The van der Waals surface area contributed by atoms with E-state index in [1.165, 1.54) is 19.3 Å². The Kier molecular flexibility index (Phi) is 5.96. The second-order valence-corrected chi connectivity index (χ2v) is 6.63. The highest BCUT2D eigenvalue weighted by molar-refractivity contribution is 5.85. The van der Waals surface area contributed by atoms with Crippen molar-refractivity contribution in [1.29, 1.82) is 0 Å². The van der Waals surface area contributed by atoms with Crippen molar-refractivity contribution in [2.75, 3.05) is 25.1 Å². The Labute approximate surface area is 165 Å². The minimum Gasteiger partial charge on any atom is -0.495 e. The van der Waals surface area contributed by atoms with Crippen LogP contribution in [0.1, 0.15) is 25.0 Å². The number of benzene rings is 1. The zero-order valence-electron chi connectivity index (χ0n) is 15.6. The van der Waals surface area contributed by atoms with Crippen molar-refractivity contribution in [2.24, 2.45) is 0 Å². The molecule has 7 heteroatoms. The molecule has 2 aromatic heterocycles. The lowest BCUT2D eigenvalue weighted by atomic mass is 10.1. The molecule has 3 aromatic rings. The van der Waals surface area contributed by atoms with Crippen LogP contribution in [0.4, 0.5) is 5.82 Å². The number of aromatic nitrogens is 4. The second-order valence-electron chi connectivity index (χ2n) is 6.63. The molecule has 1 fully saturated rings. The molecule has 0 spiro atoms. The molecule has 0 radical (unpaired) electrons. The van der Waals surface area contributed by atoms with Crippen LogP contribution in [0.5, 0.6) is 5.75 Å². The standard InChI is InChI=1S/C20H23N5O.ClH/c1-15-13-25(14-21-15)18-8-6-16(12-19(18)26-2)17-7-9-20(23-22-17)24-10-4-3-5-11-24;/h6-9,12-14H,3-5,10-11H2,1-2H3;1H. The first-order valence-corrected chi connectivity index (χ1v) is 9.02. The lowest BCUT2D eigenvalue weighted by Crippen LogP contribution is -2.30. The Morgan fingerprint density at radius 2 is 1.81 bits per heavy atom. The monoisotopic (exact) mass is 385 g/mol. The van der Waals surface area contributed by atoms with E-state index in [1.54, 1.807) is 13.4 Å². The van der Waals surface area contributed by atoms with Crippen LogP contribution in [0.25, 0.3) is 16.9 Å². The fourth-order valence-corrected chi connectivity index (χ4v) is 3.37. The molecule has 3 heterocycles. The Bertz CT molecular complexity index is 888. The van der Waals surface area contributed by atoms with E-state index in [0.29, 0.717) is 0 Å². The summed E-state index contributed by atoms with van der Waals surface area (Å²) in [5.74, 6) is 1.74. The van der Waals surface area contributed by atoms with Crippen molar-refractivity contribution >= 4 is 18.2 Å². The number of aryl methyl sites for hydroxylation is 1. The lowest BCUT2D eigenvalue weighted by Gasteiger charge is -2.27. The molecule has 1 aliphatic rings. The summed E-state index contributed by atoms with van der Waals surface area (Å²) in [5.41, 5.74) is 3.75. The normalized spacial score (nSPS) is 13.9. The minimum absolute atomic E-state index is 0. The van der Waals surface area contributed by atoms with Crippen LogP contribution in [0.2, 0.25) is 0 Å². The van der Waals surface area contributed by atoms with Crippen molar-refractivity contribution in [3.05, 3.63) is 48.5 Å². The van der Waals surface area contributed by atoms with Gasteiger partial charge in [-0.2, -0.15) is 0 Å². The molecule has 6 nitrogen and oxygen atoms in total. The molecule has 4 rings (SSSR count). The van der Waals surface area contributed by atoms with Gasteiger partial charge in [-0.1, -0.05) is 6.07 Å². The van der Waals surface area contributed by atoms with Gasteiger partial charge in [0.1, 0.15) is 5.75 Å². The van der Waals surface area contributed by atoms with E-state index in [0.717, 1.165) is 47.3 Å². The number of imidazole rings is 1. The molecular weight excluding hydrogens is 362 g/mol. The molecule has 0 bridgehead atoms. The summed E-state index contributed by atoms with van der Waals surface area (Å²) >= 11 is 0. The Morgan fingerprint density at radius 3 is 2.44 bits per heavy atom. The Hall–Kier alpha value is -2.60. The summed E-state index contributed by atoms with van der Waals surface area (Å²) in [6.07, 6.45) is 7.54. The maximum atomic E-state index is 5.59. The lowest BCUT2D eigenvalue weighted by molar-refractivity contribution is 0.413. The summed E-state index contributed by atoms with van der Waals surface area (Å²) in [5, 5.41) is 8.88. The number of hydrogen-bond acceptors (Lipinski definition) is 5. The first kappa shape index (κ1) is 19.2. The first-order chi connectivity index (χ1) is 12.7. The van der Waals surface area contributed by atoms with Gasteiger partial charge in [-0.25, -0.2) is 4.98 Å². The maximum Gasteiger partial charge on any atom is 0.151 e. The van der Waals surface area contributed by atoms with Crippen molar-refractivity contribution in [1.82, 2.24) is 19.7 Å². The van der Waals surface area contributed by atoms with Gasteiger partial charge in [-0.05, 0) is 50.5 Å². The number of rotatable bonds is 4. The topological polar surface area (TPSA) is 56.1 Å². The molecule has 1 saturated heterocycles. The van der Waals surface area contributed by atoms with Crippen molar-refractivity contribution in [3.63, 3.8) is 0 Å². The second kappa shape index (κ2) is 8.39. The van der Waals surface area contributed by atoms with Crippen LogP contribution in [0.3, 0.4) is 0 Å². The molecule has 0 N–H and O–H groups in total. The number of anilines is 1. The first-order valence-electron chi connectivity index (χ1n) is 9.02. The molecule has 27 heavy (non-hydrogen) atoms. The van der Waals surface area contributed by atoms with Gasteiger partial charge < -0.3 is 14.2 Å². The highest BCUT2D eigenvalue weighted by Gasteiger charge is 2.14. The summed E-state index contributed by atoms with van der Waals surface area (Å²) in [7, 11) is 1.68. The third kappa shape index (κ3) is 4.06. The highest BCUT2D eigenvalue weighted by atomic mass is 35.5. The molecule has 1 aliphatic heterocycles. The smallest absolute Gasteiger partial charge is 0.151 e. The van der Waals surface area contributed by atoms with Gasteiger partial charge in [0.25, 0.3) is 0 Å². The van der Waals surface area contributed by atoms with E-state index in [4.69, 9.17) is 4.74 Å². The highest BCUT2D eigenvalue weighted by Crippen LogP contribution is 2.29. The number of piperidine rings is 1. The van der Waals surface area contributed by atoms with E-state index >= 15 is 0 Å². The van der Waals surface area contributed by atoms with Crippen molar-refractivity contribution < 1.29 is 4.74 Å². The van der Waals surface area contributed by atoms with Gasteiger partial charge in [-0.3, -0.25) is 0 Å². The number of ether oxygens (including phenoxy) is 1. The Morgan fingerprint density at radius 1 is 1.00 bits per heavy atom. The van der Waals surface area contributed by atoms with Gasteiger partial charge in [-0.15, -0.1) is 22.6 Å². The predicted octanol–water partition coefficient (Wildman–Crippen LogP) is 4.06. The van der Waals surface area contributed by atoms with Crippen LogP contribution in [-0.2, 0) is 0 Å². The van der Waals surface area contributed by atoms with Gasteiger partial charge in [0, 0.05) is 24.8 Å². The average molecular weight is 386 g/mol. The molecule has 0 amide bonds. The van der Waals surface area contributed by atoms with E-state index in [2.05, 4.69) is 26.1 Å². The molecule has 0 saturated carbocycles. The van der Waals surface area contributed by atoms with Gasteiger partial charge in [0.2, 0.25) is 0 Å². The van der Waals surface area contributed by atoms with Gasteiger partial charge in [0.15, 0.2) is 5.82 Å². The summed E-state index contributed by atoms with van der Waals surface area (Å²) in [6.45, 7) is 4.11. The van der Waals surface area contributed by atoms with Crippen molar-refractivity contribution in [3.8, 4) is 22.7 Å². The zero-order valence-corrected chi connectivity index (χ0v) is 16.4. The largest absolute Gasteiger partial charge is 0.495 e. The number of nitrogens with zero attached hydrogens (tertiary/aromatic N) is 5. The summed E-state index contributed by atoms with van der Waals surface area (Å²) in [4.78, 5) is 6.59. The molecule has 0 atom stereocenters. The van der Waals surface area contributed by atoms with Gasteiger partial charge >= 0.3 is 0 Å². The maximum absolute atomic E-state index is 5.59.